The van der Waals surface area contributed by atoms with Crippen molar-refractivity contribution in [3.05, 3.63) is 0 Å². The number of aliphatic hydroxyl groups excluding tert-OH is 2. The van der Waals surface area contributed by atoms with Crippen molar-refractivity contribution in [1.82, 2.24) is 0 Å². The Bertz CT molecular complexity index is 597. The highest BCUT2D eigenvalue weighted by Crippen LogP contribution is 2.68. The van der Waals surface area contributed by atoms with Crippen molar-refractivity contribution in [2.75, 3.05) is 0 Å². The summed E-state index contributed by atoms with van der Waals surface area (Å²) in [4.78, 5) is 0. The SMILES string of the molecule is C[C@H](CCC1CC(O)C1)[C@H]1CC[C@H]2[C@@H]3CC[C@H]4C[C@@H](O)CC[C@]4(C)[C@H]3CC[C@]12C. The number of hydrogen-bond donors (Lipinski definition) is 2. The first kappa shape index (κ1) is 20.8. The minimum absolute atomic E-state index is 0.0105. The standard InChI is InChI=1S/C27H46O2/c1-17(4-5-18-14-21(29)15-18)23-8-9-24-22-7-6-19-16-20(28)10-12-26(19,2)25(22)11-13-27(23,24)3/h17-25,28-29H,4-16H2,1-3H3/t17-,18?,19+,20+,21?,22+,23-,24+,25+,26+,27-/m1/s1. The van der Waals surface area contributed by atoms with E-state index in [1.807, 2.05) is 0 Å². The van der Waals surface area contributed by atoms with E-state index in [1.165, 1.54) is 57.8 Å². The fraction of sp³-hybridized carbons (Fsp3) is 1.00. The zero-order valence-corrected chi connectivity index (χ0v) is 19.3. The monoisotopic (exact) mass is 402 g/mol. The molecule has 0 aromatic rings. The molecule has 29 heavy (non-hydrogen) atoms. The summed E-state index contributed by atoms with van der Waals surface area (Å²) in [5.74, 6) is 6.23. The smallest absolute Gasteiger partial charge is 0.0545 e. The predicted octanol–water partition coefficient (Wildman–Crippen LogP) is 6.19. The Balaban J connectivity index is 1.27. The molecule has 5 rings (SSSR count). The fourth-order valence-corrected chi connectivity index (χ4v) is 9.85. The van der Waals surface area contributed by atoms with E-state index in [4.69, 9.17) is 0 Å². The summed E-state index contributed by atoms with van der Waals surface area (Å²) in [6.45, 7) is 7.86. The van der Waals surface area contributed by atoms with Crippen LogP contribution in [0.5, 0.6) is 0 Å². The zero-order chi connectivity index (χ0) is 20.4. The summed E-state index contributed by atoms with van der Waals surface area (Å²) in [7, 11) is 0. The third-order valence-electron chi connectivity index (χ3n) is 11.6. The highest BCUT2D eigenvalue weighted by Gasteiger charge is 2.60. The molecule has 166 valence electrons. The van der Waals surface area contributed by atoms with E-state index in [0.717, 1.165) is 67.1 Å². The third-order valence-corrected chi connectivity index (χ3v) is 11.6. The molecule has 2 N–H and O–H groups in total. The molecule has 0 heterocycles. The average molecular weight is 403 g/mol. The van der Waals surface area contributed by atoms with Gasteiger partial charge in [-0.3, -0.25) is 0 Å². The molecule has 5 saturated carbocycles. The van der Waals surface area contributed by atoms with E-state index in [9.17, 15) is 10.2 Å². The Morgan fingerprint density at radius 3 is 2.28 bits per heavy atom. The molecule has 5 aliphatic rings. The van der Waals surface area contributed by atoms with Crippen LogP contribution in [0, 0.1) is 52.3 Å². The fourth-order valence-electron chi connectivity index (χ4n) is 9.85. The first-order valence-corrected chi connectivity index (χ1v) is 13.2. The molecule has 0 amide bonds. The molecular weight excluding hydrogens is 356 g/mol. The van der Waals surface area contributed by atoms with Crippen LogP contribution in [0.4, 0.5) is 0 Å². The van der Waals surface area contributed by atoms with Gasteiger partial charge in [0, 0.05) is 0 Å². The number of rotatable bonds is 4. The maximum absolute atomic E-state index is 10.3. The quantitative estimate of drug-likeness (QED) is 0.588. The van der Waals surface area contributed by atoms with Gasteiger partial charge in [-0.2, -0.15) is 0 Å². The van der Waals surface area contributed by atoms with Gasteiger partial charge in [0.1, 0.15) is 0 Å². The van der Waals surface area contributed by atoms with E-state index < -0.39 is 0 Å². The van der Waals surface area contributed by atoms with Crippen LogP contribution in [0.25, 0.3) is 0 Å². The Morgan fingerprint density at radius 1 is 0.793 bits per heavy atom. The predicted molar refractivity (Wildman–Crippen MR) is 118 cm³/mol. The summed E-state index contributed by atoms with van der Waals surface area (Å²) in [5, 5.41) is 19.9. The van der Waals surface area contributed by atoms with Gasteiger partial charge in [-0.05, 0) is 129 Å². The Hall–Kier alpha value is -0.0800. The molecule has 5 fully saturated rings. The van der Waals surface area contributed by atoms with Gasteiger partial charge in [0.15, 0.2) is 0 Å². The van der Waals surface area contributed by atoms with Gasteiger partial charge in [0.25, 0.3) is 0 Å². The first-order chi connectivity index (χ1) is 13.8. The lowest BCUT2D eigenvalue weighted by Gasteiger charge is -2.61. The molecule has 0 aromatic heterocycles. The minimum Gasteiger partial charge on any atom is -0.393 e. The van der Waals surface area contributed by atoms with Crippen LogP contribution in [0.3, 0.4) is 0 Å². The van der Waals surface area contributed by atoms with Crippen LogP contribution in [-0.2, 0) is 0 Å². The van der Waals surface area contributed by atoms with E-state index in [2.05, 4.69) is 20.8 Å². The van der Waals surface area contributed by atoms with Crippen molar-refractivity contribution in [3.8, 4) is 0 Å². The van der Waals surface area contributed by atoms with E-state index >= 15 is 0 Å². The molecule has 0 saturated heterocycles. The van der Waals surface area contributed by atoms with Gasteiger partial charge >= 0.3 is 0 Å². The lowest BCUT2D eigenvalue weighted by molar-refractivity contribution is -0.129. The maximum atomic E-state index is 10.3. The molecule has 0 bridgehead atoms. The highest BCUT2D eigenvalue weighted by atomic mass is 16.3. The Kier molecular flexibility index (Phi) is 5.38. The summed E-state index contributed by atoms with van der Waals surface area (Å²) in [6.07, 6.45) is 17.0. The molecule has 0 spiro atoms. The van der Waals surface area contributed by atoms with Crippen LogP contribution >= 0.6 is 0 Å². The lowest BCUT2D eigenvalue weighted by Crippen LogP contribution is -2.54. The molecule has 5 aliphatic carbocycles. The average Bonchev–Trinajstić information content (AvgIpc) is 3.02. The van der Waals surface area contributed by atoms with Crippen LogP contribution in [0.1, 0.15) is 104 Å². The molecule has 0 radical (unpaired) electrons. The van der Waals surface area contributed by atoms with Gasteiger partial charge in [0.2, 0.25) is 0 Å². The van der Waals surface area contributed by atoms with Gasteiger partial charge in [-0.15, -0.1) is 0 Å². The second-order valence-corrected chi connectivity index (χ2v) is 12.9. The van der Waals surface area contributed by atoms with Crippen molar-refractivity contribution >= 4 is 0 Å². The minimum atomic E-state index is -0.0213. The lowest BCUT2D eigenvalue weighted by atomic mass is 9.44. The molecule has 0 unspecified atom stereocenters. The molecular formula is C27H46O2. The Labute approximate surface area is 179 Å². The zero-order valence-electron chi connectivity index (χ0n) is 19.3. The van der Waals surface area contributed by atoms with Gasteiger partial charge in [-0.1, -0.05) is 27.2 Å². The number of fused-ring (bicyclic) bond motifs is 5. The maximum Gasteiger partial charge on any atom is 0.0545 e. The second-order valence-electron chi connectivity index (χ2n) is 12.9. The van der Waals surface area contributed by atoms with Gasteiger partial charge in [0.05, 0.1) is 12.2 Å². The van der Waals surface area contributed by atoms with Crippen molar-refractivity contribution in [3.63, 3.8) is 0 Å². The van der Waals surface area contributed by atoms with E-state index in [-0.39, 0.29) is 12.2 Å². The van der Waals surface area contributed by atoms with E-state index in [1.54, 1.807) is 0 Å². The third kappa shape index (κ3) is 3.34. The largest absolute Gasteiger partial charge is 0.393 e. The van der Waals surface area contributed by atoms with Crippen molar-refractivity contribution in [2.24, 2.45) is 52.3 Å². The highest BCUT2D eigenvalue weighted by molar-refractivity contribution is 5.09. The Morgan fingerprint density at radius 2 is 1.52 bits per heavy atom. The molecule has 2 nitrogen and oxygen atoms in total. The van der Waals surface area contributed by atoms with Crippen molar-refractivity contribution < 1.29 is 10.2 Å². The molecule has 2 heteroatoms. The summed E-state index contributed by atoms with van der Waals surface area (Å²) in [5.41, 5.74) is 1.09. The molecule has 0 aromatic carbocycles. The van der Waals surface area contributed by atoms with Gasteiger partial charge in [-0.25, -0.2) is 0 Å². The van der Waals surface area contributed by atoms with Crippen LogP contribution in [0.2, 0.25) is 0 Å². The molecule has 9 atom stereocenters. The van der Waals surface area contributed by atoms with Gasteiger partial charge < -0.3 is 10.2 Å². The normalized spacial score (nSPS) is 55.3. The van der Waals surface area contributed by atoms with Crippen molar-refractivity contribution in [2.45, 2.75) is 116 Å². The van der Waals surface area contributed by atoms with E-state index in [0.29, 0.717) is 10.8 Å². The topological polar surface area (TPSA) is 40.5 Å². The molecule has 0 aliphatic heterocycles. The summed E-state index contributed by atoms with van der Waals surface area (Å²) in [6, 6.07) is 0. The van der Waals surface area contributed by atoms with Crippen LogP contribution in [0.15, 0.2) is 0 Å². The number of aliphatic hydroxyl groups is 2. The van der Waals surface area contributed by atoms with Crippen LogP contribution in [-0.4, -0.2) is 22.4 Å². The first-order valence-electron chi connectivity index (χ1n) is 13.2. The summed E-state index contributed by atoms with van der Waals surface area (Å²) >= 11 is 0. The second kappa shape index (κ2) is 7.51. The van der Waals surface area contributed by atoms with Crippen molar-refractivity contribution in [1.29, 1.82) is 0 Å². The van der Waals surface area contributed by atoms with Crippen LogP contribution < -0.4 is 0 Å². The summed E-state index contributed by atoms with van der Waals surface area (Å²) < 4.78 is 0. The number of hydrogen-bond acceptors (Lipinski definition) is 2.